The number of ether oxygens (including phenoxy) is 1. The fraction of sp³-hybridized carbons (Fsp3) is 0.462. The van der Waals surface area contributed by atoms with Gasteiger partial charge in [0.05, 0.1) is 0 Å². The van der Waals surface area contributed by atoms with Crippen LogP contribution in [0.1, 0.15) is 11.1 Å². The molecule has 0 bridgehead atoms. The molecule has 0 aromatic heterocycles. The van der Waals surface area contributed by atoms with E-state index in [1.807, 2.05) is 51.0 Å². The van der Waals surface area contributed by atoms with Crippen molar-refractivity contribution in [3.8, 4) is 0 Å². The molecule has 1 rings (SSSR count). The van der Waals surface area contributed by atoms with Crippen LogP contribution in [0.4, 0.5) is 10.5 Å². The molecule has 0 unspecified atom stereocenters. The number of hydrogen-bond acceptors (Lipinski definition) is 3. The number of nitrogens with zero attached hydrogens (tertiary/aromatic N) is 1. The standard InChI is InChI=1S/C13H20N2O2/c1-10-5-6-12(9-11(10)2)14-13(16)17-8-7-15(3)4/h5-6,9H,7-8H2,1-4H3,(H,14,16). The van der Waals surface area contributed by atoms with E-state index in [0.717, 1.165) is 17.8 Å². The van der Waals surface area contributed by atoms with Gasteiger partial charge in [-0.1, -0.05) is 6.07 Å². The molecule has 0 saturated heterocycles. The summed E-state index contributed by atoms with van der Waals surface area (Å²) in [4.78, 5) is 13.4. The number of nitrogens with one attached hydrogen (secondary N) is 1. The maximum Gasteiger partial charge on any atom is 0.411 e. The SMILES string of the molecule is Cc1ccc(NC(=O)OCCN(C)C)cc1C. The first-order valence-electron chi connectivity index (χ1n) is 5.65. The molecule has 1 aromatic rings. The molecule has 0 heterocycles. The first-order valence-corrected chi connectivity index (χ1v) is 5.65. The van der Waals surface area contributed by atoms with E-state index in [1.54, 1.807) is 0 Å². The number of amides is 1. The number of likely N-dealkylation sites (N-methyl/N-ethyl adjacent to an activating group) is 1. The highest BCUT2D eigenvalue weighted by Crippen LogP contribution is 2.14. The van der Waals surface area contributed by atoms with Gasteiger partial charge in [-0.2, -0.15) is 0 Å². The second-order valence-corrected chi connectivity index (χ2v) is 4.36. The molecule has 17 heavy (non-hydrogen) atoms. The van der Waals surface area contributed by atoms with Crippen LogP contribution in [0.15, 0.2) is 18.2 Å². The molecule has 4 heteroatoms. The molecule has 0 aliphatic rings. The first kappa shape index (κ1) is 13.5. The molecule has 0 spiro atoms. The molecule has 0 aliphatic heterocycles. The van der Waals surface area contributed by atoms with Crippen LogP contribution in [0.5, 0.6) is 0 Å². The van der Waals surface area contributed by atoms with E-state index in [9.17, 15) is 4.79 Å². The normalized spacial score (nSPS) is 10.4. The molecule has 1 aromatic carbocycles. The number of aryl methyl sites for hydroxylation is 2. The van der Waals surface area contributed by atoms with Gasteiger partial charge in [-0.3, -0.25) is 5.32 Å². The summed E-state index contributed by atoms with van der Waals surface area (Å²) in [6.45, 7) is 5.16. The van der Waals surface area contributed by atoms with E-state index in [4.69, 9.17) is 4.74 Å². The molecule has 94 valence electrons. The lowest BCUT2D eigenvalue weighted by molar-refractivity contribution is 0.151. The van der Waals surface area contributed by atoms with Crippen LogP contribution in [-0.2, 0) is 4.74 Å². The van der Waals surface area contributed by atoms with E-state index >= 15 is 0 Å². The van der Waals surface area contributed by atoms with E-state index in [0.29, 0.717) is 6.61 Å². The van der Waals surface area contributed by atoms with Gasteiger partial charge in [0, 0.05) is 12.2 Å². The zero-order valence-electron chi connectivity index (χ0n) is 10.9. The largest absolute Gasteiger partial charge is 0.448 e. The third-order valence-corrected chi connectivity index (χ3v) is 2.52. The minimum absolute atomic E-state index is 0.393. The molecular formula is C13H20N2O2. The predicted octanol–water partition coefficient (Wildman–Crippen LogP) is 2.41. The topological polar surface area (TPSA) is 41.6 Å². The maximum absolute atomic E-state index is 11.4. The first-order chi connectivity index (χ1) is 7.99. The summed E-state index contributed by atoms with van der Waals surface area (Å²) in [6, 6.07) is 5.78. The van der Waals surface area contributed by atoms with Crippen LogP contribution in [0.25, 0.3) is 0 Å². The van der Waals surface area contributed by atoms with E-state index in [2.05, 4.69) is 5.32 Å². The van der Waals surface area contributed by atoms with Crippen LogP contribution in [-0.4, -0.2) is 38.2 Å². The molecule has 0 atom stereocenters. The van der Waals surface area contributed by atoms with Crippen molar-refractivity contribution in [2.45, 2.75) is 13.8 Å². The third-order valence-electron chi connectivity index (χ3n) is 2.52. The maximum atomic E-state index is 11.4. The molecule has 4 nitrogen and oxygen atoms in total. The van der Waals surface area contributed by atoms with Gasteiger partial charge in [0.1, 0.15) is 6.61 Å². The van der Waals surface area contributed by atoms with Crippen molar-refractivity contribution in [3.63, 3.8) is 0 Å². The monoisotopic (exact) mass is 236 g/mol. The Bertz CT molecular complexity index is 389. The minimum Gasteiger partial charge on any atom is -0.448 e. The molecule has 0 saturated carbocycles. The third kappa shape index (κ3) is 4.87. The van der Waals surface area contributed by atoms with Crippen LogP contribution in [0, 0.1) is 13.8 Å². The summed E-state index contributed by atoms with van der Waals surface area (Å²) >= 11 is 0. The van der Waals surface area contributed by atoms with Crippen molar-refractivity contribution < 1.29 is 9.53 Å². The van der Waals surface area contributed by atoms with Crippen LogP contribution < -0.4 is 5.32 Å². The van der Waals surface area contributed by atoms with Crippen LogP contribution in [0.2, 0.25) is 0 Å². The number of rotatable bonds is 4. The van der Waals surface area contributed by atoms with Crippen molar-refractivity contribution in [2.75, 3.05) is 32.6 Å². The Morgan fingerprint density at radius 3 is 2.59 bits per heavy atom. The van der Waals surface area contributed by atoms with Crippen molar-refractivity contribution in [2.24, 2.45) is 0 Å². The van der Waals surface area contributed by atoms with Gasteiger partial charge in [0.25, 0.3) is 0 Å². The Balaban J connectivity index is 2.42. The highest BCUT2D eigenvalue weighted by Gasteiger charge is 2.04. The zero-order valence-corrected chi connectivity index (χ0v) is 10.9. The van der Waals surface area contributed by atoms with E-state index in [-0.39, 0.29) is 0 Å². The van der Waals surface area contributed by atoms with Gasteiger partial charge < -0.3 is 9.64 Å². The highest BCUT2D eigenvalue weighted by atomic mass is 16.5. The summed E-state index contributed by atoms with van der Waals surface area (Å²) in [5.74, 6) is 0. The van der Waals surface area contributed by atoms with Gasteiger partial charge in [0.15, 0.2) is 0 Å². The summed E-state index contributed by atoms with van der Waals surface area (Å²) < 4.78 is 5.04. The number of benzene rings is 1. The van der Waals surface area contributed by atoms with E-state index in [1.165, 1.54) is 5.56 Å². The minimum atomic E-state index is -0.407. The molecule has 0 aliphatic carbocycles. The van der Waals surface area contributed by atoms with Crippen molar-refractivity contribution in [1.82, 2.24) is 4.90 Å². The number of carbonyl (C=O) groups excluding carboxylic acids is 1. The smallest absolute Gasteiger partial charge is 0.411 e. The Labute approximate surface area is 103 Å². The molecule has 1 N–H and O–H groups in total. The van der Waals surface area contributed by atoms with Gasteiger partial charge in [-0.25, -0.2) is 4.79 Å². The predicted molar refractivity (Wildman–Crippen MR) is 69.4 cm³/mol. The Kier molecular flexibility index (Phi) is 4.97. The van der Waals surface area contributed by atoms with Crippen LogP contribution >= 0.6 is 0 Å². The fourth-order valence-corrected chi connectivity index (χ4v) is 1.29. The fourth-order valence-electron chi connectivity index (χ4n) is 1.29. The summed E-state index contributed by atoms with van der Waals surface area (Å²) in [5, 5.41) is 2.70. The summed E-state index contributed by atoms with van der Waals surface area (Å²) in [5.41, 5.74) is 3.12. The number of carbonyl (C=O) groups is 1. The van der Waals surface area contributed by atoms with E-state index < -0.39 is 6.09 Å². The molecule has 1 amide bonds. The average molecular weight is 236 g/mol. The summed E-state index contributed by atoms with van der Waals surface area (Å²) in [6.07, 6.45) is -0.407. The van der Waals surface area contributed by atoms with Gasteiger partial charge in [0.2, 0.25) is 0 Å². The lowest BCUT2D eigenvalue weighted by Crippen LogP contribution is -2.22. The van der Waals surface area contributed by atoms with Crippen molar-refractivity contribution in [3.05, 3.63) is 29.3 Å². The van der Waals surface area contributed by atoms with Crippen LogP contribution in [0.3, 0.4) is 0 Å². The lowest BCUT2D eigenvalue weighted by atomic mass is 10.1. The molecule has 0 fully saturated rings. The lowest BCUT2D eigenvalue weighted by Gasteiger charge is -2.11. The number of anilines is 1. The molecular weight excluding hydrogens is 216 g/mol. The van der Waals surface area contributed by atoms with Gasteiger partial charge >= 0.3 is 6.09 Å². The van der Waals surface area contributed by atoms with Crippen molar-refractivity contribution >= 4 is 11.8 Å². The zero-order chi connectivity index (χ0) is 12.8. The van der Waals surface area contributed by atoms with Gasteiger partial charge in [-0.15, -0.1) is 0 Å². The second kappa shape index (κ2) is 6.25. The quantitative estimate of drug-likeness (QED) is 0.873. The second-order valence-electron chi connectivity index (χ2n) is 4.36. The Morgan fingerprint density at radius 1 is 1.29 bits per heavy atom. The average Bonchev–Trinajstić information content (AvgIpc) is 2.23. The van der Waals surface area contributed by atoms with Crippen molar-refractivity contribution in [1.29, 1.82) is 0 Å². The number of hydrogen-bond donors (Lipinski definition) is 1. The highest BCUT2D eigenvalue weighted by molar-refractivity contribution is 5.84. The molecule has 0 radical (unpaired) electrons. The Morgan fingerprint density at radius 2 is 2.00 bits per heavy atom. The Hall–Kier alpha value is -1.55. The van der Waals surface area contributed by atoms with Gasteiger partial charge in [-0.05, 0) is 51.2 Å². The summed E-state index contributed by atoms with van der Waals surface area (Å²) in [7, 11) is 3.87.